The highest BCUT2D eigenvalue weighted by Gasteiger charge is 2.13. The van der Waals surface area contributed by atoms with E-state index in [1.54, 1.807) is 5.38 Å². The summed E-state index contributed by atoms with van der Waals surface area (Å²) >= 11 is 5.43. The summed E-state index contributed by atoms with van der Waals surface area (Å²) in [6.07, 6.45) is 0.809. The Morgan fingerprint density at radius 3 is 2.78 bits per heavy atom. The molecule has 0 atom stereocenters. The van der Waals surface area contributed by atoms with Gasteiger partial charge in [-0.15, -0.1) is 11.3 Å². The van der Waals surface area contributed by atoms with Crippen LogP contribution < -0.4 is 5.32 Å². The third-order valence-corrected chi connectivity index (χ3v) is 5.98. The molecule has 0 unspecified atom stereocenters. The molecule has 1 saturated heterocycles. The van der Waals surface area contributed by atoms with Crippen molar-refractivity contribution in [3.63, 3.8) is 0 Å². The first-order valence-electron chi connectivity index (χ1n) is 5.82. The molecule has 0 saturated carbocycles. The molecule has 1 aromatic rings. The molecule has 2 heterocycles. The zero-order valence-electron chi connectivity index (χ0n) is 9.92. The number of aromatic carboxylic acids is 1. The van der Waals surface area contributed by atoms with Crippen LogP contribution in [0.4, 0.5) is 0 Å². The molecule has 0 bridgehead atoms. The van der Waals surface area contributed by atoms with E-state index in [9.17, 15) is 4.79 Å². The molecular weight excluding hydrogens is 288 g/mol. The summed E-state index contributed by atoms with van der Waals surface area (Å²) in [5, 5.41) is 14.8. The molecule has 2 rings (SSSR count). The Hall–Kier alpha value is -0.240. The van der Waals surface area contributed by atoms with Crippen molar-refractivity contribution in [1.29, 1.82) is 0 Å². The van der Waals surface area contributed by atoms with E-state index in [0.717, 1.165) is 18.0 Å². The summed E-state index contributed by atoms with van der Waals surface area (Å²) in [4.78, 5) is 14.8. The zero-order valence-corrected chi connectivity index (χ0v) is 12.4. The normalized spacial score (nSPS) is 17.6. The van der Waals surface area contributed by atoms with E-state index in [1.165, 1.54) is 34.3 Å². The summed E-state index contributed by atoms with van der Waals surface area (Å²) in [5.41, 5.74) is 0.163. The van der Waals surface area contributed by atoms with Crippen molar-refractivity contribution in [3.8, 4) is 0 Å². The van der Waals surface area contributed by atoms with Gasteiger partial charge < -0.3 is 10.4 Å². The lowest BCUT2D eigenvalue weighted by molar-refractivity contribution is 0.0691. The van der Waals surface area contributed by atoms with Crippen molar-refractivity contribution in [2.75, 3.05) is 29.6 Å². The second kappa shape index (κ2) is 7.37. The number of carboxylic acid groups (broad SMARTS) is 1. The number of carboxylic acids is 1. The van der Waals surface area contributed by atoms with E-state index >= 15 is 0 Å². The van der Waals surface area contributed by atoms with Crippen LogP contribution in [0.3, 0.4) is 0 Å². The largest absolute Gasteiger partial charge is 0.476 e. The van der Waals surface area contributed by atoms with Gasteiger partial charge in [-0.2, -0.15) is 23.5 Å². The summed E-state index contributed by atoms with van der Waals surface area (Å²) in [6, 6.07) is 0.571. The van der Waals surface area contributed by atoms with Gasteiger partial charge in [-0.25, -0.2) is 9.78 Å². The Morgan fingerprint density at radius 1 is 1.44 bits per heavy atom. The highest BCUT2D eigenvalue weighted by Crippen LogP contribution is 2.16. The molecule has 1 aliphatic rings. The first-order valence-corrected chi connectivity index (χ1v) is 9.01. The standard InChI is InChI=1S/C11H16N2O2S3/c14-11(15)9-7-18-10(13-9)1-2-12-8-5-16-3-4-17-6-8/h7-8,12H,1-6H2,(H,14,15). The van der Waals surface area contributed by atoms with Gasteiger partial charge in [0.25, 0.3) is 0 Å². The van der Waals surface area contributed by atoms with Crippen LogP contribution in [0, 0.1) is 0 Å². The molecule has 18 heavy (non-hydrogen) atoms. The van der Waals surface area contributed by atoms with Crippen molar-refractivity contribution in [2.45, 2.75) is 12.5 Å². The lowest BCUT2D eigenvalue weighted by Gasteiger charge is -2.14. The summed E-state index contributed by atoms with van der Waals surface area (Å²) in [5.74, 6) is 3.90. The zero-order chi connectivity index (χ0) is 12.8. The van der Waals surface area contributed by atoms with Crippen molar-refractivity contribution in [3.05, 3.63) is 16.1 Å². The van der Waals surface area contributed by atoms with Crippen LogP contribution in [-0.4, -0.2) is 51.7 Å². The van der Waals surface area contributed by atoms with E-state index in [-0.39, 0.29) is 5.69 Å². The predicted octanol–water partition coefficient (Wildman–Crippen LogP) is 1.82. The van der Waals surface area contributed by atoms with Crippen molar-refractivity contribution in [1.82, 2.24) is 10.3 Å². The van der Waals surface area contributed by atoms with Gasteiger partial charge in [-0.1, -0.05) is 0 Å². The van der Waals surface area contributed by atoms with Crippen LogP contribution in [-0.2, 0) is 6.42 Å². The van der Waals surface area contributed by atoms with Crippen LogP contribution in [0.5, 0.6) is 0 Å². The molecule has 0 aromatic carbocycles. The van der Waals surface area contributed by atoms with Gasteiger partial charge in [0.15, 0.2) is 5.69 Å². The summed E-state index contributed by atoms with van der Waals surface area (Å²) in [6.45, 7) is 0.873. The highest BCUT2D eigenvalue weighted by atomic mass is 32.2. The first kappa shape index (κ1) is 14.2. The molecule has 0 aliphatic carbocycles. The number of thioether (sulfide) groups is 2. The minimum absolute atomic E-state index is 0.163. The van der Waals surface area contributed by atoms with Crippen molar-refractivity contribution in [2.24, 2.45) is 0 Å². The number of nitrogens with one attached hydrogen (secondary N) is 1. The number of hydrogen-bond donors (Lipinski definition) is 2. The molecule has 4 nitrogen and oxygen atoms in total. The average molecular weight is 304 g/mol. The quantitative estimate of drug-likeness (QED) is 0.865. The van der Waals surface area contributed by atoms with Gasteiger partial charge in [-0.3, -0.25) is 0 Å². The fraction of sp³-hybridized carbons (Fsp3) is 0.636. The first-order chi connectivity index (χ1) is 8.75. The fourth-order valence-electron chi connectivity index (χ4n) is 1.64. The van der Waals surface area contributed by atoms with Crippen LogP contribution >= 0.6 is 34.9 Å². The maximum Gasteiger partial charge on any atom is 0.355 e. The lowest BCUT2D eigenvalue weighted by atomic mass is 10.3. The second-order valence-electron chi connectivity index (χ2n) is 3.98. The van der Waals surface area contributed by atoms with Crippen molar-refractivity contribution < 1.29 is 9.90 Å². The Bertz CT molecular complexity index is 389. The Kier molecular flexibility index (Phi) is 5.81. The molecule has 100 valence electrons. The molecule has 7 heteroatoms. The number of nitrogens with zero attached hydrogens (tertiary/aromatic N) is 1. The third kappa shape index (κ3) is 4.46. The fourth-order valence-corrected chi connectivity index (χ4v) is 4.88. The van der Waals surface area contributed by atoms with E-state index < -0.39 is 5.97 Å². The number of carbonyl (C=O) groups is 1. The van der Waals surface area contributed by atoms with Crippen molar-refractivity contribution >= 4 is 40.8 Å². The highest BCUT2D eigenvalue weighted by molar-refractivity contribution is 8.03. The molecule has 0 spiro atoms. The SMILES string of the molecule is O=C(O)c1csc(CCNC2CSCCSC2)n1. The van der Waals surface area contributed by atoms with E-state index in [1.807, 2.05) is 23.5 Å². The van der Waals surface area contributed by atoms with Gasteiger partial charge in [0, 0.05) is 47.4 Å². The molecule has 1 aliphatic heterocycles. The maximum atomic E-state index is 10.7. The van der Waals surface area contributed by atoms with Crippen LogP contribution in [0.25, 0.3) is 0 Å². The molecule has 1 aromatic heterocycles. The number of rotatable bonds is 5. The predicted molar refractivity (Wildman–Crippen MR) is 79.2 cm³/mol. The van der Waals surface area contributed by atoms with Crippen LogP contribution in [0.15, 0.2) is 5.38 Å². The van der Waals surface area contributed by atoms with Gasteiger partial charge in [0.1, 0.15) is 0 Å². The molecule has 0 radical (unpaired) electrons. The topological polar surface area (TPSA) is 62.2 Å². The van der Waals surface area contributed by atoms with Crippen LogP contribution in [0.2, 0.25) is 0 Å². The molecule has 1 fully saturated rings. The second-order valence-corrected chi connectivity index (χ2v) is 7.22. The van der Waals surface area contributed by atoms with Gasteiger partial charge in [-0.05, 0) is 0 Å². The summed E-state index contributed by atoms with van der Waals surface area (Å²) in [7, 11) is 0. The number of hydrogen-bond acceptors (Lipinski definition) is 6. The monoisotopic (exact) mass is 304 g/mol. The van der Waals surface area contributed by atoms with Gasteiger partial charge in [0.2, 0.25) is 0 Å². The average Bonchev–Trinajstić information content (AvgIpc) is 2.67. The molecule has 2 N–H and O–H groups in total. The number of thiazole rings is 1. The Balaban J connectivity index is 1.72. The maximum absolute atomic E-state index is 10.7. The van der Waals surface area contributed by atoms with E-state index in [2.05, 4.69) is 10.3 Å². The van der Waals surface area contributed by atoms with Crippen LogP contribution in [0.1, 0.15) is 15.5 Å². The van der Waals surface area contributed by atoms with E-state index in [4.69, 9.17) is 5.11 Å². The lowest BCUT2D eigenvalue weighted by Crippen LogP contribution is -2.34. The molecular formula is C11H16N2O2S3. The number of aromatic nitrogens is 1. The van der Waals surface area contributed by atoms with E-state index in [0.29, 0.717) is 6.04 Å². The minimum atomic E-state index is -0.943. The summed E-state index contributed by atoms with van der Waals surface area (Å²) < 4.78 is 0. The Labute approximate surface area is 119 Å². The van der Waals surface area contributed by atoms with Gasteiger partial charge in [0.05, 0.1) is 5.01 Å². The molecule has 0 amide bonds. The smallest absolute Gasteiger partial charge is 0.355 e. The van der Waals surface area contributed by atoms with Gasteiger partial charge >= 0.3 is 5.97 Å². The third-order valence-electron chi connectivity index (χ3n) is 2.55. The Morgan fingerprint density at radius 2 is 2.17 bits per heavy atom. The minimum Gasteiger partial charge on any atom is -0.476 e.